The number of rotatable bonds is 3. The number of amides is 1. The minimum atomic E-state index is -0.909. The maximum Gasteiger partial charge on any atom is 0.261 e. The minimum Gasteiger partial charge on any atom is -0.347 e. The molecule has 1 heterocycles. The van der Waals surface area contributed by atoms with E-state index < -0.39 is 11.6 Å². The smallest absolute Gasteiger partial charge is 0.261 e. The third-order valence-corrected chi connectivity index (χ3v) is 3.05. The Morgan fingerprint density at radius 2 is 2.06 bits per heavy atom. The molecular weight excluding hydrogens is 244 g/mol. The highest BCUT2D eigenvalue weighted by atomic mass is 32.1. The van der Waals surface area contributed by atoms with Crippen LogP contribution in [0.2, 0.25) is 0 Å². The van der Waals surface area contributed by atoms with Gasteiger partial charge in [-0.05, 0) is 29.1 Å². The van der Waals surface area contributed by atoms with E-state index in [0.29, 0.717) is 10.4 Å². The van der Waals surface area contributed by atoms with Gasteiger partial charge in [-0.1, -0.05) is 12.1 Å². The van der Waals surface area contributed by atoms with Gasteiger partial charge in [0.15, 0.2) is 11.6 Å². The fourth-order valence-electron chi connectivity index (χ4n) is 1.33. The number of hydrogen-bond acceptors (Lipinski definition) is 2. The fraction of sp³-hybridized carbons (Fsp3) is 0.0833. The van der Waals surface area contributed by atoms with Crippen LogP contribution in [-0.4, -0.2) is 5.91 Å². The van der Waals surface area contributed by atoms with Gasteiger partial charge in [0.25, 0.3) is 5.91 Å². The highest BCUT2D eigenvalue weighted by Gasteiger charge is 2.07. The SMILES string of the molecule is O=C(NCc1ccc(F)c(F)c1)c1cccs1. The van der Waals surface area contributed by atoms with Crippen LogP contribution in [0.15, 0.2) is 35.7 Å². The molecule has 0 aliphatic heterocycles. The highest BCUT2D eigenvalue weighted by Crippen LogP contribution is 2.10. The molecule has 2 rings (SSSR count). The number of carbonyl (C=O) groups is 1. The Balaban J connectivity index is 1.98. The Labute approximate surface area is 101 Å². The van der Waals surface area contributed by atoms with Gasteiger partial charge in [-0.25, -0.2) is 8.78 Å². The molecule has 17 heavy (non-hydrogen) atoms. The number of halogens is 2. The van der Waals surface area contributed by atoms with Gasteiger partial charge in [-0.15, -0.1) is 11.3 Å². The van der Waals surface area contributed by atoms with Crippen molar-refractivity contribution in [3.05, 3.63) is 57.8 Å². The Morgan fingerprint density at radius 3 is 2.71 bits per heavy atom. The average Bonchev–Trinajstić information content (AvgIpc) is 2.84. The zero-order valence-corrected chi connectivity index (χ0v) is 9.56. The van der Waals surface area contributed by atoms with Crippen molar-refractivity contribution in [2.45, 2.75) is 6.54 Å². The number of thiophene rings is 1. The Hall–Kier alpha value is -1.75. The van der Waals surface area contributed by atoms with E-state index in [1.807, 2.05) is 0 Å². The Morgan fingerprint density at radius 1 is 1.24 bits per heavy atom. The molecule has 1 aromatic heterocycles. The van der Waals surface area contributed by atoms with Gasteiger partial charge in [0.2, 0.25) is 0 Å². The van der Waals surface area contributed by atoms with E-state index in [4.69, 9.17) is 0 Å². The number of benzene rings is 1. The summed E-state index contributed by atoms with van der Waals surface area (Å²) in [6.45, 7) is 0.175. The first-order chi connectivity index (χ1) is 8.16. The molecule has 0 aliphatic rings. The van der Waals surface area contributed by atoms with Crippen LogP contribution < -0.4 is 5.32 Å². The first kappa shape index (κ1) is 11.7. The standard InChI is InChI=1S/C12H9F2NOS/c13-9-4-3-8(6-10(9)14)7-15-12(16)11-2-1-5-17-11/h1-6H,7H2,(H,15,16). The van der Waals surface area contributed by atoms with Gasteiger partial charge in [-0.2, -0.15) is 0 Å². The van der Waals surface area contributed by atoms with Crippen LogP contribution in [0.1, 0.15) is 15.2 Å². The molecule has 5 heteroatoms. The second kappa shape index (κ2) is 5.05. The van der Waals surface area contributed by atoms with Gasteiger partial charge >= 0.3 is 0 Å². The second-order valence-corrected chi connectivity index (χ2v) is 4.36. The summed E-state index contributed by atoms with van der Waals surface area (Å²) >= 11 is 1.33. The van der Waals surface area contributed by atoms with E-state index in [0.717, 1.165) is 12.1 Å². The quantitative estimate of drug-likeness (QED) is 0.895. The van der Waals surface area contributed by atoms with Crippen molar-refractivity contribution in [1.29, 1.82) is 0 Å². The van der Waals surface area contributed by atoms with E-state index in [1.54, 1.807) is 17.5 Å². The van der Waals surface area contributed by atoms with Crippen LogP contribution in [0.4, 0.5) is 8.78 Å². The summed E-state index contributed by atoms with van der Waals surface area (Å²) in [5, 5.41) is 4.43. The van der Waals surface area contributed by atoms with Crippen LogP contribution in [0.3, 0.4) is 0 Å². The maximum absolute atomic E-state index is 12.9. The molecule has 0 fully saturated rings. The lowest BCUT2D eigenvalue weighted by atomic mass is 10.2. The molecule has 1 N–H and O–H groups in total. The van der Waals surface area contributed by atoms with Crippen molar-refractivity contribution in [2.75, 3.05) is 0 Å². The molecule has 0 unspecified atom stereocenters. The maximum atomic E-state index is 12.9. The first-order valence-corrected chi connectivity index (χ1v) is 5.80. The molecule has 0 radical (unpaired) electrons. The van der Waals surface area contributed by atoms with Crippen LogP contribution >= 0.6 is 11.3 Å². The monoisotopic (exact) mass is 253 g/mol. The average molecular weight is 253 g/mol. The summed E-state index contributed by atoms with van der Waals surface area (Å²) in [7, 11) is 0. The van der Waals surface area contributed by atoms with Gasteiger partial charge in [0, 0.05) is 6.54 Å². The molecule has 2 aromatic rings. The summed E-state index contributed by atoms with van der Waals surface area (Å²) in [5.74, 6) is -2.02. The van der Waals surface area contributed by atoms with Crippen molar-refractivity contribution >= 4 is 17.2 Å². The van der Waals surface area contributed by atoms with Gasteiger partial charge in [-0.3, -0.25) is 4.79 Å². The van der Waals surface area contributed by atoms with Crippen molar-refractivity contribution in [1.82, 2.24) is 5.32 Å². The van der Waals surface area contributed by atoms with E-state index in [-0.39, 0.29) is 12.5 Å². The van der Waals surface area contributed by atoms with Crippen LogP contribution in [0.25, 0.3) is 0 Å². The number of hydrogen-bond donors (Lipinski definition) is 1. The third kappa shape index (κ3) is 2.88. The van der Waals surface area contributed by atoms with E-state index in [9.17, 15) is 13.6 Å². The van der Waals surface area contributed by atoms with Gasteiger partial charge in [0.1, 0.15) is 0 Å². The van der Waals surface area contributed by atoms with Crippen LogP contribution in [0, 0.1) is 11.6 Å². The summed E-state index contributed by atoms with van der Waals surface area (Å²) in [6, 6.07) is 7.03. The van der Waals surface area contributed by atoms with Crippen molar-refractivity contribution < 1.29 is 13.6 Å². The summed E-state index contributed by atoms with van der Waals surface area (Å²) in [4.78, 5) is 12.2. The van der Waals surface area contributed by atoms with E-state index in [1.165, 1.54) is 17.4 Å². The Bertz CT molecular complexity index is 525. The van der Waals surface area contributed by atoms with Crippen molar-refractivity contribution in [3.63, 3.8) is 0 Å². The molecule has 2 nitrogen and oxygen atoms in total. The predicted molar refractivity (Wildman–Crippen MR) is 61.8 cm³/mol. The third-order valence-electron chi connectivity index (χ3n) is 2.18. The molecule has 1 aromatic carbocycles. The first-order valence-electron chi connectivity index (χ1n) is 4.92. The van der Waals surface area contributed by atoms with E-state index >= 15 is 0 Å². The predicted octanol–water partition coefficient (Wildman–Crippen LogP) is 2.96. The summed E-state index contributed by atoms with van der Waals surface area (Å²) in [6.07, 6.45) is 0. The number of carbonyl (C=O) groups excluding carboxylic acids is 1. The van der Waals surface area contributed by atoms with Gasteiger partial charge < -0.3 is 5.32 Å². The lowest BCUT2D eigenvalue weighted by Gasteiger charge is -2.04. The minimum absolute atomic E-state index is 0.175. The van der Waals surface area contributed by atoms with Crippen LogP contribution in [0.5, 0.6) is 0 Å². The second-order valence-electron chi connectivity index (χ2n) is 3.41. The van der Waals surface area contributed by atoms with E-state index in [2.05, 4.69) is 5.32 Å². The summed E-state index contributed by atoms with van der Waals surface area (Å²) in [5.41, 5.74) is 0.522. The topological polar surface area (TPSA) is 29.1 Å². The lowest BCUT2D eigenvalue weighted by molar-refractivity contribution is 0.0955. The molecule has 0 saturated heterocycles. The lowest BCUT2D eigenvalue weighted by Crippen LogP contribution is -2.21. The number of nitrogens with one attached hydrogen (secondary N) is 1. The zero-order chi connectivity index (χ0) is 12.3. The molecule has 0 aliphatic carbocycles. The van der Waals surface area contributed by atoms with Crippen molar-refractivity contribution in [2.24, 2.45) is 0 Å². The molecule has 0 saturated carbocycles. The van der Waals surface area contributed by atoms with Gasteiger partial charge in [0.05, 0.1) is 4.88 Å². The normalized spacial score (nSPS) is 10.2. The van der Waals surface area contributed by atoms with Crippen LogP contribution in [-0.2, 0) is 6.54 Å². The zero-order valence-electron chi connectivity index (χ0n) is 8.74. The molecule has 1 amide bonds. The molecular formula is C12H9F2NOS. The molecule has 0 bridgehead atoms. The van der Waals surface area contributed by atoms with Crippen molar-refractivity contribution in [3.8, 4) is 0 Å². The largest absolute Gasteiger partial charge is 0.347 e. The molecule has 88 valence electrons. The highest BCUT2D eigenvalue weighted by molar-refractivity contribution is 7.12. The summed E-state index contributed by atoms with van der Waals surface area (Å²) < 4.78 is 25.6. The molecule has 0 atom stereocenters. The fourth-order valence-corrected chi connectivity index (χ4v) is 1.97. The molecule has 0 spiro atoms. The Kier molecular flexibility index (Phi) is 3.49.